The average Bonchev–Trinajstić information content (AvgIpc) is 2.86. The molecule has 0 bridgehead atoms. The van der Waals surface area contributed by atoms with Crippen LogP contribution in [0.25, 0.3) is 0 Å². The molecule has 2 amide bonds. The van der Waals surface area contributed by atoms with Crippen LogP contribution in [-0.2, 0) is 20.9 Å². The number of carbonyl (C=O) groups is 3. The first-order chi connectivity index (χ1) is 14.7. The van der Waals surface area contributed by atoms with Crippen molar-refractivity contribution < 1.29 is 19.5 Å². The Labute approximate surface area is 186 Å². The van der Waals surface area contributed by atoms with Gasteiger partial charge in [-0.2, -0.15) is 0 Å². The first kappa shape index (κ1) is 24.9. The molecule has 2 N–H and O–H groups in total. The second-order valence-electron chi connectivity index (χ2n) is 9.28. The Morgan fingerprint density at radius 2 is 1.97 bits per heavy atom. The molecule has 1 aromatic rings. The van der Waals surface area contributed by atoms with Crippen LogP contribution in [0.1, 0.15) is 70.4 Å². The van der Waals surface area contributed by atoms with Crippen LogP contribution in [0.2, 0.25) is 0 Å². The lowest BCUT2D eigenvalue weighted by molar-refractivity contribution is -0.148. The third-order valence-corrected chi connectivity index (χ3v) is 6.02. The summed E-state index contributed by atoms with van der Waals surface area (Å²) in [7, 11) is 0. The Morgan fingerprint density at radius 3 is 2.58 bits per heavy atom. The van der Waals surface area contributed by atoms with E-state index in [1.807, 2.05) is 50.8 Å². The topological polar surface area (TPSA) is 86.7 Å². The molecule has 1 aromatic carbocycles. The van der Waals surface area contributed by atoms with E-state index in [-0.39, 0.29) is 17.7 Å². The van der Waals surface area contributed by atoms with Gasteiger partial charge in [0.2, 0.25) is 11.8 Å². The zero-order chi connectivity index (χ0) is 23.0. The van der Waals surface area contributed by atoms with E-state index in [4.69, 9.17) is 0 Å². The molecule has 2 unspecified atom stereocenters. The van der Waals surface area contributed by atoms with E-state index in [1.165, 1.54) is 0 Å². The van der Waals surface area contributed by atoms with Gasteiger partial charge in [-0.25, -0.2) is 0 Å². The van der Waals surface area contributed by atoms with Gasteiger partial charge in [0.1, 0.15) is 6.04 Å². The minimum atomic E-state index is -0.934. The SMILES string of the molecule is CCCC(C(=O)O)C(CC(C)C)C(=O)N[C@H]1CCCCN(Cc2cccc(C)c2)C1=O. The summed E-state index contributed by atoms with van der Waals surface area (Å²) in [5.41, 5.74) is 2.23. The zero-order valence-electron chi connectivity index (χ0n) is 19.4. The van der Waals surface area contributed by atoms with Crippen LogP contribution in [0.5, 0.6) is 0 Å². The van der Waals surface area contributed by atoms with Crippen molar-refractivity contribution in [3.05, 3.63) is 35.4 Å². The molecule has 31 heavy (non-hydrogen) atoms. The molecule has 172 valence electrons. The van der Waals surface area contributed by atoms with Gasteiger partial charge in [0.05, 0.1) is 11.8 Å². The molecule has 2 rings (SSSR count). The molecular weight excluding hydrogens is 392 g/mol. The molecule has 1 saturated heterocycles. The maximum absolute atomic E-state index is 13.2. The lowest BCUT2D eigenvalue weighted by Gasteiger charge is -2.29. The quantitative estimate of drug-likeness (QED) is 0.584. The third-order valence-electron chi connectivity index (χ3n) is 6.02. The van der Waals surface area contributed by atoms with E-state index in [2.05, 4.69) is 11.4 Å². The normalized spacial score (nSPS) is 19.1. The van der Waals surface area contributed by atoms with Crippen LogP contribution in [0.15, 0.2) is 24.3 Å². The van der Waals surface area contributed by atoms with E-state index in [0.29, 0.717) is 38.8 Å². The van der Waals surface area contributed by atoms with Gasteiger partial charge in [0.25, 0.3) is 0 Å². The highest BCUT2D eigenvalue weighted by atomic mass is 16.4. The molecule has 0 spiro atoms. The summed E-state index contributed by atoms with van der Waals surface area (Å²) in [4.78, 5) is 40.1. The number of nitrogens with zero attached hydrogens (tertiary/aromatic N) is 1. The van der Waals surface area contributed by atoms with Crippen molar-refractivity contribution >= 4 is 17.8 Å². The number of aliphatic carboxylic acids is 1. The first-order valence-corrected chi connectivity index (χ1v) is 11.6. The van der Waals surface area contributed by atoms with E-state index < -0.39 is 23.8 Å². The second kappa shape index (κ2) is 11.9. The van der Waals surface area contributed by atoms with Gasteiger partial charge in [-0.05, 0) is 50.5 Å². The molecule has 0 aliphatic carbocycles. The number of carbonyl (C=O) groups excluding carboxylic acids is 2. The molecule has 0 radical (unpaired) electrons. The van der Waals surface area contributed by atoms with Gasteiger partial charge in [0, 0.05) is 13.1 Å². The Hall–Kier alpha value is -2.37. The number of likely N-dealkylation sites (tertiary alicyclic amines) is 1. The molecule has 0 aromatic heterocycles. The summed E-state index contributed by atoms with van der Waals surface area (Å²) >= 11 is 0. The van der Waals surface area contributed by atoms with Crippen LogP contribution in [0, 0.1) is 24.7 Å². The average molecular weight is 431 g/mol. The van der Waals surface area contributed by atoms with Crippen LogP contribution >= 0.6 is 0 Å². The molecular formula is C25H38N2O4. The highest BCUT2D eigenvalue weighted by molar-refractivity contribution is 5.90. The molecule has 1 aliphatic heterocycles. The largest absolute Gasteiger partial charge is 0.481 e. The smallest absolute Gasteiger partial charge is 0.307 e. The molecule has 1 fully saturated rings. The van der Waals surface area contributed by atoms with E-state index in [9.17, 15) is 19.5 Å². The maximum atomic E-state index is 13.2. The van der Waals surface area contributed by atoms with Crippen LogP contribution in [-0.4, -0.2) is 40.4 Å². The van der Waals surface area contributed by atoms with Crippen molar-refractivity contribution in [2.75, 3.05) is 6.54 Å². The van der Waals surface area contributed by atoms with Gasteiger partial charge >= 0.3 is 5.97 Å². The lowest BCUT2D eigenvalue weighted by Crippen LogP contribution is -2.50. The summed E-state index contributed by atoms with van der Waals surface area (Å²) in [5, 5.41) is 12.7. The minimum Gasteiger partial charge on any atom is -0.481 e. The van der Waals surface area contributed by atoms with Gasteiger partial charge in [-0.1, -0.05) is 57.0 Å². The third kappa shape index (κ3) is 7.37. The Kier molecular flexibility index (Phi) is 9.53. The number of rotatable bonds is 10. The molecule has 3 atom stereocenters. The summed E-state index contributed by atoms with van der Waals surface area (Å²) in [5.74, 6) is -2.47. The van der Waals surface area contributed by atoms with Crippen molar-refractivity contribution in [3.8, 4) is 0 Å². The zero-order valence-corrected chi connectivity index (χ0v) is 19.4. The maximum Gasteiger partial charge on any atom is 0.307 e. The van der Waals surface area contributed by atoms with Gasteiger partial charge in [-0.3, -0.25) is 14.4 Å². The van der Waals surface area contributed by atoms with Crippen LogP contribution in [0.4, 0.5) is 0 Å². The van der Waals surface area contributed by atoms with Crippen molar-refractivity contribution in [1.82, 2.24) is 10.2 Å². The number of carboxylic acid groups (broad SMARTS) is 1. The highest BCUT2D eigenvalue weighted by Crippen LogP contribution is 2.26. The van der Waals surface area contributed by atoms with Gasteiger partial charge in [-0.15, -0.1) is 0 Å². The fourth-order valence-corrected chi connectivity index (χ4v) is 4.48. The molecule has 0 saturated carbocycles. The Bertz CT molecular complexity index is 762. The summed E-state index contributed by atoms with van der Waals surface area (Å²) in [6.07, 6.45) is 4.00. The minimum absolute atomic E-state index is 0.0713. The number of hydrogen-bond donors (Lipinski definition) is 2. The first-order valence-electron chi connectivity index (χ1n) is 11.6. The predicted molar refractivity (Wildman–Crippen MR) is 121 cm³/mol. The summed E-state index contributed by atoms with van der Waals surface area (Å²) in [6, 6.07) is 7.51. The monoisotopic (exact) mass is 430 g/mol. The number of aryl methyl sites for hydroxylation is 1. The summed E-state index contributed by atoms with van der Waals surface area (Å²) in [6.45, 7) is 9.13. The van der Waals surface area contributed by atoms with Crippen molar-refractivity contribution in [2.24, 2.45) is 17.8 Å². The van der Waals surface area contributed by atoms with Gasteiger partial charge < -0.3 is 15.3 Å². The number of nitrogens with one attached hydrogen (secondary N) is 1. The number of benzene rings is 1. The van der Waals surface area contributed by atoms with Gasteiger partial charge in [0.15, 0.2) is 0 Å². The standard InChI is InChI=1S/C25H38N2O4/c1-5-9-20(25(30)31)21(14-17(2)3)23(28)26-22-12-6-7-13-27(24(22)29)16-19-11-8-10-18(4)15-19/h8,10-11,15,17,20-22H,5-7,9,12-14,16H2,1-4H3,(H,26,28)(H,30,31)/t20?,21?,22-/m0/s1. The molecule has 6 nitrogen and oxygen atoms in total. The number of carboxylic acids is 1. The highest BCUT2D eigenvalue weighted by Gasteiger charge is 2.36. The Balaban J connectivity index is 2.15. The lowest BCUT2D eigenvalue weighted by atomic mass is 9.82. The second-order valence-corrected chi connectivity index (χ2v) is 9.28. The molecule has 1 heterocycles. The number of amides is 2. The van der Waals surface area contributed by atoms with Crippen LogP contribution < -0.4 is 5.32 Å². The van der Waals surface area contributed by atoms with Crippen molar-refractivity contribution in [2.45, 2.75) is 78.8 Å². The van der Waals surface area contributed by atoms with E-state index in [0.717, 1.165) is 24.0 Å². The summed E-state index contributed by atoms with van der Waals surface area (Å²) < 4.78 is 0. The van der Waals surface area contributed by atoms with Crippen molar-refractivity contribution in [3.63, 3.8) is 0 Å². The van der Waals surface area contributed by atoms with E-state index >= 15 is 0 Å². The molecule has 6 heteroatoms. The molecule has 1 aliphatic rings. The number of hydrogen-bond acceptors (Lipinski definition) is 3. The van der Waals surface area contributed by atoms with Crippen LogP contribution in [0.3, 0.4) is 0 Å². The van der Waals surface area contributed by atoms with E-state index in [1.54, 1.807) is 0 Å². The van der Waals surface area contributed by atoms with Crippen molar-refractivity contribution in [1.29, 1.82) is 0 Å². The fraction of sp³-hybridized carbons (Fsp3) is 0.640. The Morgan fingerprint density at radius 1 is 1.23 bits per heavy atom. The fourth-order valence-electron chi connectivity index (χ4n) is 4.48. The predicted octanol–water partition coefficient (Wildman–Crippen LogP) is 4.16.